The number of hydrogen-bond acceptors (Lipinski definition) is 5. The molecule has 0 radical (unpaired) electrons. The second-order valence-electron chi connectivity index (χ2n) is 9.19. The number of carbonyl (C=O) groups excluding carboxylic acids is 3. The average Bonchev–Trinajstić information content (AvgIpc) is 2.95. The normalized spacial score (nSPS) is 15.6. The van der Waals surface area contributed by atoms with Gasteiger partial charge in [-0.2, -0.15) is 0 Å². The zero-order valence-corrected chi connectivity index (χ0v) is 20.4. The minimum atomic E-state index is -4.05. The summed E-state index contributed by atoms with van der Waals surface area (Å²) < 4.78 is 39.6. The van der Waals surface area contributed by atoms with Crippen LogP contribution in [0, 0.1) is 5.82 Å². The lowest BCUT2D eigenvalue weighted by Gasteiger charge is -2.32. The number of nitrogens with zero attached hydrogens (tertiary/aromatic N) is 2. The van der Waals surface area contributed by atoms with Crippen molar-refractivity contribution in [2.75, 3.05) is 6.54 Å². The van der Waals surface area contributed by atoms with E-state index in [4.69, 9.17) is 0 Å². The molecule has 1 heterocycles. The van der Waals surface area contributed by atoms with Gasteiger partial charge in [0, 0.05) is 25.0 Å². The first-order chi connectivity index (χ1) is 15.8. The number of halogens is 1. The Morgan fingerprint density at radius 3 is 2.29 bits per heavy atom. The summed E-state index contributed by atoms with van der Waals surface area (Å²) in [7, 11) is -4.05. The van der Waals surface area contributed by atoms with Crippen molar-refractivity contribution in [3.63, 3.8) is 0 Å². The van der Waals surface area contributed by atoms with Crippen molar-refractivity contribution < 1.29 is 27.2 Å². The molecule has 0 spiro atoms. The van der Waals surface area contributed by atoms with Crippen LogP contribution in [-0.2, 0) is 26.2 Å². The van der Waals surface area contributed by atoms with Gasteiger partial charge in [0.2, 0.25) is 11.8 Å². The van der Waals surface area contributed by atoms with Crippen LogP contribution in [0.2, 0.25) is 0 Å². The van der Waals surface area contributed by atoms with Crippen LogP contribution in [0.4, 0.5) is 4.39 Å². The molecule has 0 aliphatic carbocycles. The Labute approximate surface area is 198 Å². The highest BCUT2D eigenvalue weighted by molar-refractivity contribution is 7.90. The third kappa shape index (κ3) is 5.44. The Morgan fingerprint density at radius 1 is 1.09 bits per heavy atom. The fraction of sp³-hybridized carbons (Fsp3) is 0.375. The quantitative estimate of drug-likeness (QED) is 0.644. The predicted molar refractivity (Wildman–Crippen MR) is 124 cm³/mol. The van der Waals surface area contributed by atoms with Crippen LogP contribution in [0.1, 0.15) is 50.0 Å². The van der Waals surface area contributed by atoms with E-state index in [2.05, 4.69) is 5.32 Å². The zero-order valence-electron chi connectivity index (χ0n) is 19.5. The second-order valence-corrected chi connectivity index (χ2v) is 11.0. The Balaban J connectivity index is 1.80. The Kier molecular flexibility index (Phi) is 7.11. The van der Waals surface area contributed by atoms with E-state index in [9.17, 15) is 27.2 Å². The fourth-order valence-electron chi connectivity index (χ4n) is 3.64. The minimum Gasteiger partial charge on any atom is -0.350 e. The topological polar surface area (TPSA) is 104 Å². The van der Waals surface area contributed by atoms with E-state index in [0.29, 0.717) is 9.87 Å². The molecule has 2 aromatic rings. The number of hydrogen-bond donors (Lipinski definition) is 1. The molecule has 0 unspecified atom stereocenters. The summed E-state index contributed by atoms with van der Waals surface area (Å²) in [6.45, 7) is 6.65. The van der Waals surface area contributed by atoms with E-state index in [-0.39, 0.29) is 35.9 Å². The first-order valence-electron chi connectivity index (χ1n) is 10.8. The van der Waals surface area contributed by atoms with Gasteiger partial charge in [0.15, 0.2) is 0 Å². The maximum Gasteiger partial charge on any atom is 0.269 e. The number of sulfonamides is 1. The lowest BCUT2D eigenvalue weighted by atomic mass is 10.1. The van der Waals surface area contributed by atoms with Crippen molar-refractivity contribution >= 4 is 27.7 Å². The minimum absolute atomic E-state index is 0.0127. The highest BCUT2D eigenvalue weighted by atomic mass is 32.2. The Hall–Kier alpha value is -3.27. The molecule has 0 aromatic heterocycles. The van der Waals surface area contributed by atoms with Gasteiger partial charge in [-0.05, 0) is 57.5 Å². The molecule has 1 N–H and O–H groups in total. The van der Waals surface area contributed by atoms with Gasteiger partial charge in [0.25, 0.3) is 15.9 Å². The van der Waals surface area contributed by atoms with E-state index in [1.54, 1.807) is 13.0 Å². The molecule has 0 saturated heterocycles. The first-order valence-corrected chi connectivity index (χ1v) is 12.3. The third-order valence-electron chi connectivity index (χ3n) is 5.37. The number of nitrogens with one attached hydrogen (secondary N) is 1. The van der Waals surface area contributed by atoms with E-state index >= 15 is 0 Å². The van der Waals surface area contributed by atoms with Gasteiger partial charge in [0.1, 0.15) is 16.8 Å². The van der Waals surface area contributed by atoms with Gasteiger partial charge >= 0.3 is 0 Å². The number of amides is 3. The SMILES string of the molecule is C[C@H](C(=O)NC(C)(C)C)N(Cc1ccc(F)cc1)C(=O)CCN1C(=O)c2ccccc2S1(=O)=O. The standard InChI is InChI=1S/C24H28FN3O5S/c1-16(22(30)26-24(2,3)4)27(15-17-9-11-18(25)12-10-17)21(29)13-14-28-23(31)19-7-5-6-8-20(19)34(28,32)33/h5-12,16H,13-15H2,1-4H3,(H,26,30)/t16-/m1/s1. The summed E-state index contributed by atoms with van der Waals surface area (Å²) in [4.78, 5) is 39.8. The first kappa shape index (κ1) is 25.4. The van der Waals surface area contributed by atoms with Crippen molar-refractivity contribution in [1.29, 1.82) is 0 Å². The molecule has 0 saturated carbocycles. The molecule has 0 fully saturated rings. The summed E-state index contributed by atoms with van der Waals surface area (Å²) in [6.07, 6.45) is -0.312. The van der Waals surface area contributed by atoms with Crippen LogP contribution in [0.25, 0.3) is 0 Å². The molecule has 0 bridgehead atoms. The van der Waals surface area contributed by atoms with Crippen LogP contribution in [0.3, 0.4) is 0 Å². The van der Waals surface area contributed by atoms with E-state index in [1.807, 2.05) is 20.8 Å². The van der Waals surface area contributed by atoms with E-state index in [1.165, 1.54) is 47.4 Å². The van der Waals surface area contributed by atoms with Gasteiger partial charge in [-0.3, -0.25) is 14.4 Å². The summed E-state index contributed by atoms with van der Waals surface area (Å²) >= 11 is 0. The molecule has 10 heteroatoms. The molecule has 1 atom stereocenters. The highest BCUT2D eigenvalue weighted by Gasteiger charge is 2.41. The number of carbonyl (C=O) groups is 3. The molecule has 8 nitrogen and oxygen atoms in total. The molecule has 3 amide bonds. The van der Waals surface area contributed by atoms with Crippen LogP contribution in [0.15, 0.2) is 53.4 Å². The second kappa shape index (κ2) is 9.54. The molecule has 1 aliphatic rings. The summed E-state index contributed by atoms with van der Waals surface area (Å²) in [5, 5.41) is 2.83. The molecular weight excluding hydrogens is 461 g/mol. The zero-order chi connectivity index (χ0) is 25.3. The lowest BCUT2D eigenvalue weighted by Crippen LogP contribution is -2.52. The number of fused-ring (bicyclic) bond motifs is 1. The maximum absolute atomic E-state index is 13.3. The summed E-state index contributed by atoms with van der Waals surface area (Å²) in [6, 6.07) is 10.5. The van der Waals surface area contributed by atoms with Crippen LogP contribution in [0.5, 0.6) is 0 Å². The summed E-state index contributed by atoms with van der Waals surface area (Å²) in [5.74, 6) is -2.02. The van der Waals surface area contributed by atoms with Gasteiger partial charge in [0.05, 0.1) is 5.56 Å². The Morgan fingerprint density at radius 2 is 1.71 bits per heavy atom. The van der Waals surface area contributed by atoms with Crippen LogP contribution >= 0.6 is 0 Å². The molecule has 34 heavy (non-hydrogen) atoms. The van der Waals surface area contributed by atoms with Crippen molar-refractivity contribution in [3.8, 4) is 0 Å². The molecule has 3 rings (SSSR count). The smallest absolute Gasteiger partial charge is 0.269 e. The molecule has 2 aromatic carbocycles. The predicted octanol–water partition coefficient (Wildman–Crippen LogP) is 2.69. The fourth-order valence-corrected chi connectivity index (χ4v) is 5.21. The van der Waals surface area contributed by atoms with Crippen LogP contribution < -0.4 is 5.32 Å². The van der Waals surface area contributed by atoms with Gasteiger partial charge in [-0.1, -0.05) is 24.3 Å². The molecule has 182 valence electrons. The highest BCUT2D eigenvalue weighted by Crippen LogP contribution is 2.30. The third-order valence-corrected chi connectivity index (χ3v) is 7.21. The van der Waals surface area contributed by atoms with Gasteiger partial charge in [-0.25, -0.2) is 17.1 Å². The summed E-state index contributed by atoms with van der Waals surface area (Å²) in [5.41, 5.74) is 0.135. The van der Waals surface area contributed by atoms with E-state index in [0.717, 1.165) is 0 Å². The van der Waals surface area contributed by atoms with Crippen molar-refractivity contribution in [2.45, 2.75) is 57.1 Å². The molecule has 1 aliphatic heterocycles. The largest absolute Gasteiger partial charge is 0.350 e. The lowest BCUT2D eigenvalue weighted by molar-refractivity contribution is -0.141. The van der Waals surface area contributed by atoms with Crippen LogP contribution in [-0.4, -0.2) is 53.5 Å². The van der Waals surface area contributed by atoms with E-state index < -0.39 is 39.2 Å². The number of rotatable bonds is 7. The van der Waals surface area contributed by atoms with Gasteiger partial charge in [-0.15, -0.1) is 0 Å². The molecular formula is C24H28FN3O5S. The van der Waals surface area contributed by atoms with Crippen molar-refractivity contribution in [3.05, 3.63) is 65.5 Å². The number of benzene rings is 2. The maximum atomic E-state index is 13.3. The average molecular weight is 490 g/mol. The van der Waals surface area contributed by atoms with Gasteiger partial charge < -0.3 is 10.2 Å². The van der Waals surface area contributed by atoms with Crippen molar-refractivity contribution in [2.24, 2.45) is 0 Å². The monoisotopic (exact) mass is 489 g/mol. The Bertz CT molecular complexity index is 1210. The van der Waals surface area contributed by atoms with Crippen molar-refractivity contribution in [1.82, 2.24) is 14.5 Å².